The maximum atomic E-state index is 12.7. The van der Waals surface area contributed by atoms with Crippen LogP contribution in [0.4, 0.5) is 5.69 Å². The molecular weight excluding hydrogens is 474 g/mol. The number of nitrogens with one attached hydrogen (secondary N) is 2. The first-order valence-electron chi connectivity index (χ1n) is 9.50. The summed E-state index contributed by atoms with van der Waals surface area (Å²) in [5, 5.41) is 5.30. The van der Waals surface area contributed by atoms with E-state index in [1.54, 1.807) is 30.5 Å². The van der Waals surface area contributed by atoms with Gasteiger partial charge >= 0.3 is 0 Å². The summed E-state index contributed by atoms with van der Waals surface area (Å²) in [5.74, 6) is 0. The fourth-order valence-corrected chi connectivity index (χ4v) is 6.24. The molecule has 1 aliphatic rings. The van der Waals surface area contributed by atoms with E-state index in [9.17, 15) is 8.42 Å². The fourth-order valence-electron chi connectivity index (χ4n) is 3.77. The Morgan fingerprint density at radius 3 is 2.48 bits per heavy atom. The number of halogens is 2. The Balaban J connectivity index is 1.40. The Hall–Kier alpha value is -1.67. The highest BCUT2D eigenvalue weighted by Gasteiger charge is 2.27. The molecule has 0 spiro atoms. The maximum Gasteiger partial charge on any atom is 0.241 e. The van der Waals surface area contributed by atoms with Gasteiger partial charge in [-0.3, -0.25) is 4.98 Å². The molecule has 2 N–H and O–H groups in total. The van der Waals surface area contributed by atoms with Gasteiger partial charge in [-0.2, -0.15) is 0 Å². The molecule has 0 bridgehead atoms. The highest BCUT2D eigenvalue weighted by molar-refractivity contribution is 9.10. The van der Waals surface area contributed by atoms with Crippen molar-refractivity contribution in [2.45, 2.75) is 42.7 Å². The predicted octanol–water partition coefficient (Wildman–Crippen LogP) is 5.35. The smallest absolute Gasteiger partial charge is 0.241 e. The maximum absolute atomic E-state index is 12.7. The normalized spacial score (nSPS) is 19.9. The third kappa shape index (κ3) is 4.74. The van der Waals surface area contributed by atoms with E-state index >= 15 is 0 Å². The van der Waals surface area contributed by atoms with Crippen LogP contribution in [0, 0.1) is 0 Å². The van der Waals surface area contributed by atoms with Crippen LogP contribution in [0.1, 0.15) is 25.7 Å². The molecule has 4 rings (SSSR count). The Kier molecular flexibility index (Phi) is 6.11. The van der Waals surface area contributed by atoms with Gasteiger partial charge < -0.3 is 5.32 Å². The second kappa shape index (κ2) is 8.60. The van der Waals surface area contributed by atoms with Crippen LogP contribution < -0.4 is 10.0 Å². The first-order chi connectivity index (χ1) is 13.9. The van der Waals surface area contributed by atoms with Gasteiger partial charge in [-0.05, 0) is 78.0 Å². The van der Waals surface area contributed by atoms with Crippen molar-refractivity contribution < 1.29 is 8.42 Å². The van der Waals surface area contributed by atoms with Gasteiger partial charge in [-0.15, -0.1) is 0 Å². The Labute approximate surface area is 184 Å². The van der Waals surface area contributed by atoms with Gasteiger partial charge in [0.05, 0.1) is 10.4 Å². The number of rotatable bonds is 5. The van der Waals surface area contributed by atoms with Crippen LogP contribution in [0.15, 0.2) is 64.1 Å². The highest BCUT2D eigenvalue weighted by atomic mass is 79.9. The average molecular weight is 495 g/mol. The first kappa shape index (κ1) is 20.6. The molecule has 0 radical (unpaired) electrons. The highest BCUT2D eigenvalue weighted by Crippen LogP contribution is 2.29. The largest absolute Gasteiger partial charge is 0.382 e. The molecule has 8 heteroatoms. The van der Waals surface area contributed by atoms with E-state index in [1.165, 1.54) is 0 Å². The Morgan fingerprint density at radius 1 is 1.00 bits per heavy atom. The number of anilines is 1. The third-order valence-corrected chi connectivity index (χ3v) is 8.01. The molecule has 1 heterocycles. The van der Waals surface area contributed by atoms with Crippen molar-refractivity contribution in [2.75, 3.05) is 5.32 Å². The van der Waals surface area contributed by atoms with Crippen LogP contribution in [0.3, 0.4) is 0 Å². The predicted molar refractivity (Wildman–Crippen MR) is 121 cm³/mol. The molecule has 5 nitrogen and oxygen atoms in total. The van der Waals surface area contributed by atoms with Crippen molar-refractivity contribution in [3.05, 3.63) is 64.2 Å². The molecule has 0 unspecified atom stereocenters. The molecule has 1 aromatic heterocycles. The number of fused-ring (bicyclic) bond motifs is 1. The minimum atomic E-state index is -3.54. The molecule has 0 atom stereocenters. The van der Waals surface area contributed by atoms with Gasteiger partial charge in [0.15, 0.2) is 0 Å². The van der Waals surface area contributed by atoms with Crippen molar-refractivity contribution in [3.63, 3.8) is 0 Å². The van der Waals surface area contributed by atoms with E-state index in [1.807, 2.05) is 24.3 Å². The van der Waals surface area contributed by atoms with Crippen LogP contribution in [-0.4, -0.2) is 25.5 Å². The van der Waals surface area contributed by atoms with Gasteiger partial charge in [0.25, 0.3) is 0 Å². The minimum Gasteiger partial charge on any atom is -0.382 e. The Morgan fingerprint density at radius 2 is 1.72 bits per heavy atom. The SMILES string of the molecule is O=S(=O)(N[C@H]1CC[C@@H](Nc2ccnc3cc(Cl)ccc23)CC1)c1ccccc1Br. The van der Waals surface area contributed by atoms with E-state index in [-0.39, 0.29) is 10.9 Å². The zero-order valence-corrected chi connectivity index (χ0v) is 18.8. The molecular formula is C21H21BrClN3O2S. The summed E-state index contributed by atoms with van der Waals surface area (Å²) in [4.78, 5) is 4.66. The molecule has 0 aliphatic heterocycles. The van der Waals surface area contributed by atoms with Crippen LogP contribution in [0.2, 0.25) is 5.02 Å². The van der Waals surface area contributed by atoms with Crippen LogP contribution in [-0.2, 0) is 10.0 Å². The van der Waals surface area contributed by atoms with Crippen molar-refractivity contribution >= 4 is 54.1 Å². The van der Waals surface area contributed by atoms with Gasteiger partial charge in [-0.1, -0.05) is 23.7 Å². The second-order valence-electron chi connectivity index (χ2n) is 7.26. The van der Waals surface area contributed by atoms with E-state index in [0.717, 1.165) is 42.3 Å². The molecule has 3 aromatic rings. The lowest BCUT2D eigenvalue weighted by Gasteiger charge is -2.30. The number of sulfonamides is 1. The number of aromatic nitrogens is 1. The average Bonchev–Trinajstić information content (AvgIpc) is 2.69. The quantitative estimate of drug-likeness (QED) is 0.501. The number of benzene rings is 2. The van der Waals surface area contributed by atoms with Crippen LogP contribution in [0.5, 0.6) is 0 Å². The number of nitrogens with zero attached hydrogens (tertiary/aromatic N) is 1. The summed E-state index contributed by atoms with van der Waals surface area (Å²) >= 11 is 9.39. The lowest BCUT2D eigenvalue weighted by atomic mass is 9.91. The second-order valence-corrected chi connectivity index (χ2v) is 10.2. The lowest BCUT2D eigenvalue weighted by Crippen LogP contribution is -2.40. The summed E-state index contributed by atoms with van der Waals surface area (Å²) < 4.78 is 28.8. The van der Waals surface area contributed by atoms with Crippen molar-refractivity contribution in [3.8, 4) is 0 Å². The van der Waals surface area contributed by atoms with E-state index < -0.39 is 10.0 Å². The van der Waals surface area contributed by atoms with Gasteiger partial charge in [0, 0.05) is 38.8 Å². The molecule has 1 fully saturated rings. The Bertz CT molecular complexity index is 1130. The number of hydrogen-bond acceptors (Lipinski definition) is 4. The van der Waals surface area contributed by atoms with Gasteiger partial charge in [0.1, 0.15) is 0 Å². The van der Waals surface area contributed by atoms with Gasteiger partial charge in [-0.25, -0.2) is 13.1 Å². The van der Waals surface area contributed by atoms with Crippen molar-refractivity contribution in [2.24, 2.45) is 0 Å². The zero-order valence-electron chi connectivity index (χ0n) is 15.6. The van der Waals surface area contributed by atoms with Crippen molar-refractivity contribution in [1.82, 2.24) is 9.71 Å². The van der Waals surface area contributed by atoms with Crippen LogP contribution in [0.25, 0.3) is 10.9 Å². The monoisotopic (exact) mass is 493 g/mol. The minimum absolute atomic E-state index is 0.0573. The van der Waals surface area contributed by atoms with Gasteiger partial charge in [0.2, 0.25) is 10.0 Å². The van der Waals surface area contributed by atoms with Crippen LogP contribution >= 0.6 is 27.5 Å². The van der Waals surface area contributed by atoms with E-state index in [0.29, 0.717) is 15.5 Å². The molecule has 152 valence electrons. The number of hydrogen-bond donors (Lipinski definition) is 2. The molecule has 0 amide bonds. The third-order valence-electron chi connectivity index (χ3n) is 5.24. The summed E-state index contributed by atoms with van der Waals surface area (Å²) in [5.41, 5.74) is 1.89. The summed E-state index contributed by atoms with van der Waals surface area (Å²) in [6, 6.07) is 14.8. The van der Waals surface area contributed by atoms with Crippen molar-refractivity contribution in [1.29, 1.82) is 0 Å². The van der Waals surface area contributed by atoms with E-state index in [4.69, 9.17) is 11.6 Å². The molecule has 1 saturated carbocycles. The summed E-state index contributed by atoms with van der Waals surface area (Å²) in [7, 11) is -3.54. The first-order valence-corrected chi connectivity index (χ1v) is 12.2. The lowest BCUT2D eigenvalue weighted by molar-refractivity contribution is 0.387. The number of pyridine rings is 1. The molecule has 1 aliphatic carbocycles. The zero-order chi connectivity index (χ0) is 20.4. The summed E-state index contributed by atoms with van der Waals surface area (Å²) in [6.07, 6.45) is 5.13. The summed E-state index contributed by atoms with van der Waals surface area (Å²) in [6.45, 7) is 0. The molecule has 2 aromatic carbocycles. The fraction of sp³-hybridized carbons (Fsp3) is 0.286. The van der Waals surface area contributed by atoms with E-state index in [2.05, 4.69) is 31.0 Å². The molecule has 0 saturated heterocycles. The standard InChI is InChI=1S/C21H21BrClN3O2S/c22-18-3-1-2-4-21(18)29(27,28)26-16-8-6-15(7-9-16)25-19-11-12-24-20-13-14(23)5-10-17(19)20/h1-5,10-13,15-16,26H,6-9H2,(H,24,25)/t15-,16+. The topological polar surface area (TPSA) is 71.1 Å². The molecule has 29 heavy (non-hydrogen) atoms.